The van der Waals surface area contributed by atoms with Gasteiger partial charge in [-0.3, -0.25) is 4.79 Å². The number of alkyl carbamates (subject to hydrolysis) is 1. The Balaban J connectivity index is 2.11. The van der Waals surface area contributed by atoms with Crippen LogP contribution in [0.4, 0.5) is 9.59 Å². The molecule has 1 unspecified atom stereocenters. The van der Waals surface area contributed by atoms with Crippen molar-refractivity contribution in [1.29, 1.82) is 0 Å². The molecule has 1 spiro atoms. The Morgan fingerprint density at radius 3 is 2.04 bits per heavy atom. The Labute approximate surface area is 143 Å². The molecule has 2 rings (SSSR count). The summed E-state index contributed by atoms with van der Waals surface area (Å²) in [5.41, 5.74) is -1.73. The van der Waals surface area contributed by atoms with Gasteiger partial charge in [0.05, 0.1) is 0 Å². The summed E-state index contributed by atoms with van der Waals surface area (Å²) in [6.45, 7) is 10.8. The highest BCUT2D eigenvalue weighted by Gasteiger charge is 2.58. The molecule has 0 bridgehead atoms. The normalized spacial score (nSPS) is 23.0. The zero-order chi connectivity index (χ0) is 18.3. The fraction of sp³-hybridized carbons (Fsp3) is 0.824. The fourth-order valence-electron chi connectivity index (χ4n) is 3.09. The standard InChI is InChI=1S/C17H28N2O5/c1-15(2,3)23-13(21)18-11-12(20)19(10-17(11)8-7-9-17)14(22)24-16(4,5)6/h11H,7-10H2,1-6H3,(H,18,21). The number of hydrogen-bond donors (Lipinski definition) is 1. The van der Waals surface area contributed by atoms with Crippen molar-refractivity contribution in [3.05, 3.63) is 0 Å². The second-order valence-electron chi connectivity index (χ2n) is 8.70. The van der Waals surface area contributed by atoms with Crippen LogP contribution in [-0.4, -0.2) is 46.8 Å². The van der Waals surface area contributed by atoms with Crippen LogP contribution in [0.2, 0.25) is 0 Å². The number of likely N-dealkylation sites (tertiary alicyclic amines) is 1. The van der Waals surface area contributed by atoms with E-state index < -0.39 is 40.8 Å². The first-order valence-electron chi connectivity index (χ1n) is 8.37. The molecule has 7 nitrogen and oxygen atoms in total. The maximum absolute atomic E-state index is 12.7. The quantitative estimate of drug-likeness (QED) is 0.793. The summed E-state index contributed by atoms with van der Waals surface area (Å²) in [4.78, 5) is 38.2. The molecule has 1 heterocycles. The highest BCUT2D eigenvalue weighted by Crippen LogP contribution is 2.49. The SMILES string of the molecule is CC(C)(C)OC(=O)NC1C(=O)N(C(=O)OC(C)(C)C)CC12CCC2. The Kier molecular flexibility index (Phi) is 4.59. The highest BCUT2D eigenvalue weighted by atomic mass is 16.6. The van der Waals surface area contributed by atoms with Gasteiger partial charge in [-0.2, -0.15) is 0 Å². The first kappa shape index (κ1) is 18.5. The summed E-state index contributed by atoms with van der Waals surface area (Å²) in [5.74, 6) is -0.421. The predicted octanol–water partition coefficient (Wildman–Crippen LogP) is 2.83. The Hall–Kier alpha value is -1.79. The molecule has 2 fully saturated rings. The van der Waals surface area contributed by atoms with Crippen LogP contribution in [0.5, 0.6) is 0 Å². The van der Waals surface area contributed by atoms with E-state index in [9.17, 15) is 14.4 Å². The van der Waals surface area contributed by atoms with Gasteiger partial charge >= 0.3 is 12.2 Å². The van der Waals surface area contributed by atoms with Crippen LogP contribution in [0.1, 0.15) is 60.8 Å². The highest BCUT2D eigenvalue weighted by molar-refractivity contribution is 5.99. The number of amides is 3. The first-order valence-corrected chi connectivity index (χ1v) is 8.37. The minimum absolute atomic E-state index is 0.279. The van der Waals surface area contributed by atoms with Crippen molar-refractivity contribution in [1.82, 2.24) is 10.2 Å². The van der Waals surface area contributed by atoms with Crippen molar-refractivity contribution in [2.24, 2.45) is 5.41 Å². The van der Waals surface area contributed by atoms with Crippen LogP contribution < -0.4 is 5.32 Å². The average molecular weight is 340 g/mol. The topological polar surface area (TPSA) is 84.9 Å². The first-order chi connectivity index (χ1) is 10.8. The maximum Gasteiger partial charge on any atom is 0.417 e. The molecule has 0 radical (unpaired) electrons. The number of ether oxygens (including phenoxy) is 2. The van der Waals surface area contributed by atoms with E-state index in [1.165, 1.54) is 0 Å². The van der Waals surface area contributed by atoms with Gasteiger partial charge in [0.25, 0.3) is 5.91 Å². The molecule has 1 atom stereocenters. The summed E-state index contributed by atoms with van der Waals surface area (Å²) in [5, 5.41) is 2.67. The lowest BCUT2D eigenvalue weighted by Crippen LogP contribution is -2.53. The van der Waals surface area contributed by atoms with E-state index in [1.54, 1.807) is 41.5 Å². The third-order valence-electron chi connectivity index (χ3n) is 4.22. The van der Waals surface area contributed by atoms with E-state index in [2.05, 4.69) is 5.32 Å². The lowest BCUT2D eigenvalue weighted by Gasteiger charge is -2.41. The molecule has 0 aromatic rings. The van der Waals surface area contributed by atoms with Gasteiger partial charge in [-0.15, -0.1) is 0 Å². The molecule has 1 N–H and O–H groups in total. The number of hydrogen-bond acceptors (Lipinski definition) is 5. The monoisotopic (exact) mass is 340 g/mol. The lowest BCUT2D eigenvalue weighted by molar-refractivity contribution is -0.129. The summed E-state index contributed by atoms with van der Waals surface area (Å²) in [6, 6.07) is -0.742. The van der Waals surface area contributed by atoms with Gasteiger partial charge in [-0.05, 0) is 54.4 Å². The smallest absolute Gasteiger partial charge is 0.417 e. The second-order valence-corrected chi connectivity index (χ2v) is 8.70. The van der Waals surface area contributed by atoms with Crippen LogP contribution in [0.15, 0.2) is 0 Å². The van der Waals surface area contributed by atoms with Gasteiger partial charge in [-0.1, -0.05) is 6.42 Å². The van der Waals surface area contributed by atoms with Crippen molar-refractivity contribution in [3.8, 4) is 0 Å². The number of carbonyl (C=O) groups excluding carboxylic acids is 3. The molecule has 0 aromatic heterocycles. The molecule has 2 aliphatic rings. The number of nitrogens with one attached hydrogen (secondary N) is 1. The van der Waals surface area contributed by atoms with Gasteiger partial charge in [0, 0.05) is 12.0 Å². The molecular formula is C17H28N2O5. The molecule has 1 aliphatic heterocycles. The average Bonchev–Trinajstić information content (AvgIpc) is 2.59. The zero-order valence-corrected chi connectivity index (χ0v) is 15.4. The maximum atomic E-state index is 12.7. The Bertz CT molecular complexity index is 540. The molecule has 1 saturated heterocycles. The van der Waals surface area contributed by atoms with Gasteiger partial charge in [0.15, 0.2) is 0 Å². The second kappa shape index (κ2) is 5.93. The largest absolute Gasteiger partial charge is 0.444 e. The molecule has 3 amide bonds. The van der Waals surface area contributed by atoms with E-state index in [0.717, 1.165) is 24.2 Å². The van der Waals surface area contributed by atoms with Crippen molar-refractivity contribution in [2.75, 3.05) is 6.54 Å². The van der Waals surface area contributed by atoms with Crippen LogP contribution in [0.25, 0.3) is 0 Å². The van der Waals surface area contributed by atoms with E-state index in [-0.39, 0.29) is 6.54 Å². The molecule has 1 saturated carbocycles. The Morgan fingerprint density at radius 1 is 1.08 bits per heavy atom. The van der Waals surface area contributed by atoms with Crippen molar-refractivity contribution in [3.63, 3.8) is 0 Å². The van der Waals surface area contributed by atoms with Gasteiger partial charge in [0.2, 0.25) is 0 Å². The van der Waals surface area contributed by atoms with Crippen LogP contribution in [0.3, 0.4) is 0 Å². The molecular weight excluding hydrogens is 312 g/mol. The van der Waals surface area contributed by atoms with E-state index in [1.807, 2.05) is 0 Å². The minimum Gasteiger partial charge on any atom is -0.444 e. The summed E-state index contributed by atoms with van der Waals surface area (Å²) < 4.78 is 10.6. The summed E-state index contributed by atoms with van der Waals surface area (Å²) >= 11 is 0. The number of carbonyl (C=O) groups is 3. The molecule has 0 aromatic carbocycles. The number of imide groups is 1. The fourth-order valence-corrected chi connectivity index (χ4v) is 3.09. The third kappa shape index (κ3) is 3.99. The summed E-state index contributed by atoms with van der Waals surface area (Å²) in [7, 11) is 0. The van der Waals surface area contributed by atoms with Crippen LogP contribution >= 0.6 is 0 Å². The van der Waals surface area contributed by atoms with E-state index in [0.29, 0.717) is 0 Å². The van der Waals surface area contributed by atoms with Crippen molar-refractivity contribution >= 4 is 18.1 Å². The van der Waals surface area contributed by atoms with Gasteiger partial charge < -0.3 is 14.8 Å². The zero-order valence-electron chi connectivity index (χ0n) is 15.4. The molecule has 24 heavy (non-hydrogen) atoms. The van der Waals surface area contributed by atoms with E-state index >= 15 is 0 Å². The number of rotatable bonds is 1. The predicted molar refractivity (Wildman–Crippen MR) is 87.4 cm³/mol. The molecule has 7 heteroatoms. The van der Waals surface area contributed by atoms with Gasteiger partial charge in [0.1, 0.15) is 17.2 Å². The third-order valence-corrected chi connectivity index (χ3v) is 4.22. The molecule has 1 aliphatic carbocycles. The number of nitrogens with zero attached hydrogens (tertiary/aromatic N) is 1. The van der Waals surface area contributed by atoms with E-state index in [4.69, 9.17) is 9.47 Å². The van der Waals surface area contributed by atoms with Gasteiger partial charge in [-0.25, -0.2) is 14.5 Å². The van der Waals surface area contributed by atoms with Crippen molar-refractivity contribution in [2.45, 2.75) is 78.0 Å². The van der Waals surface area contributed by atoms with Crippen LogP contribution in [-0.2, 0) is 14.3 Å². The summed E-state index contributed by atoms with van der Waals surface area (Å²) in [6.07, 6.45) is 1.25. The lowest BCUT2D eigenvalue weighted by atomic mass is 9.65. The molecule has 136 valence electrons. The Morgan fingerprint density at radius 2 is 1.62 bits per heavy atom. The van der Waals surface area contributed by atoms with Crippen LogP contribution in [0, 0.1) is 5.41 Å². The van der Waals surface area contributed by atoms with Crippen molar-refractivity contribution < 1.29 is 23.9 Å². The minimum atomic E-state index is -0.742.